The molecular weight excluding hydrogens is 640 g/mol. The van der Waals surface area contributed by atoms with Crippen molar-refractivity contribution in [2.45, 2.75) is 59.0 Å². The third-order valence-electron chi connectivity index (χ3n) is 9.08. The Morgan fingerprint density at radius 1 is 0.776 bits per heavy atom. The lowest BCUT2D eigenvalue weighted by Crippen LogP contribution is -2.29. The van der Waals surface area contributed by atoms with Crippen LogP contribution in [0.5, 0.6) is 0 Å². The van der Waals surface area contributed by atoms with Crippen molar-refractivity contribution in [3.63, 3.8) is 0 Å². The van der Waals surface area contributed by atoms with Crippen molar-refractivity contribution in [2.75, 3.05) is 36.8 Å². The van der Waals surface area contributed by atoms with E-state index in [1.54, 1.807) is 18.3 Å². The number of halogens is 1. The van der Waals surface area contributed by atoms with Gasteiger partial charge in [-0.25, -0.2) is 0 Å². The van der Waals surface area contributed by atoms with Crippen molar-refractivity contribution in [1.82, 2.24) is 19.8 Å². The minimum Gasteiger partial charge on any atom is -0.483 e. The van der Waals surface area contributed by atoms with Crippen LogP contribution in [0.3, 0.4) is 0 Å². The van der Waals surface area contributed by atoms with E-state index in [9.17, 15) is 9.59 Å². The highest BCUT2D eigenvalue weighted by Gasteiger charge is 2.19. The Bertz CT molecular complexity index is 1770. The van der Waals surface area contributed by atoms with E-state index in [1.807, 2.05) is 62.5 Å². The van der Waals surface area contributed by atoms with Crippen molar-refractivity contribution in [2.24, 2.45) is 0 Å². The minimum atomic E-state index is -0.325. The molecule has 10 nitrogen and oxygen atoms in total. The Morgan fingerprint density at radius 2 is 1.35 bits per heavy atom. The number of nitrogens with one attached hydrogen (secondary N) is 2. The Balaban J connectivity index is 0.00000151. The number of likely N-dealkylation sites (tertiary alicyclic amines) is 2. The van der Waals surface area contributed by atoms with Gasteiger partial charge in [0.25, 0.3) is 18.3 Å². The van der Waals surface area contributed by atoms with E-state index in [4.69, 9.17) is 21.5 Å². The van der Waals surface area contributed by atoms with E-state index >= 15 is 0 Å². The van der Waals surface area contributed by atoms with Crippen LogP contribution >= 0.6 is 11.6 Å². The number of benzene rings is 2. The number of carboxylic acid groups (broad SMARTS) is 1. The monoisotopic (exact) mass is 682 g/mol. The second-order valence-electron chi connectivity index (χ2n) is 12.5. The molecule has 0 saturated carbocycles. The maximum Gasteiger partial charge on any atom is 0.290 e. The van der Waals surface area contributed by atoms with Gasteiger partial charge in [0.1, 0.15) is 11.4 Å². The van der Waals surface area contributed by atoms with Gasteiger partial charge in [-0.3, -0.25) is 34.2 Å². The van der Waals surface area contributed by atoms with Crippen molar-refractivity contribution in [3.05, 3.63) is 106 Å². The molecule has 0 atom stereocenters. The maximum atomic E-state index is 13.3. The number of anilines is 2. The number of rotatable bonds is 9. The van der Waals surface area contributed by atoms with Gasteiger partial charge in [-0.2, -0.15) is 0 Å². The maximum absolute atomic E-state index is 13.3. The molecule has 0 bridgehead atoms. The van der Waals surface area contributed by atoms with Crippen LogP contribution in [0, 0.1) is 13.8 Å². The normalized spacial score (nSPS) is 14.8. The molecule has 11 heteroatoms. The van der Waals surface area contributed by atoms with Crippen LogP contribution in [-0.2, 0) is 17.9 Å². The van der Waals surface area contributed by atoms with E-state index in [-0.39, 0.29) is 18.3 Å². The summed E-state index contributed by atoms with van der Waals surface area (Å²) >= 11 is 6.88. The molecule has 4 aromatic rings. The molecule has 4 heterocycles. The van der Waals surface area contributed by atoms with Gasteiger partial charge in [0, 0.05) is 36.7 Å². The van der Waals surface area contributed by atoms with E-state index in [0.29, 0.717) is 27.8 Å². The number of hydrogen-bond acceptors (Lipinski definition) is 7. The third kappa shape index (κ3) is 9.29. The van der Waals surface area contributed by atoms with E-state index in [2.05, 4.69) is 30.4 Å². The third-order valence-corrected chi connectivity index (χ3v) is 9.48. The Hall–Kier alpha value is -4.64. The van der Waals surface area contributed by atoms with Crippen LogP contribution in [-0.4, -0.2) is 69.3 Å². The zero-order valence-corrected chi connectivity index (χ0v) is 28.8. The summed E-state index contributed by atoms with van der Waals surface area (Å²) < 4.78 is 0. The quantitative estimate of drug-likeness (QED) is 0.158. The van der Waals surface area contributed by atoms with Gasteiger partial charge in [-0.05, 0) is 118 Å². The average Bonchev–Trinajstić information content (AvgIpc) is 3.62. The molecule has 2 amide bonds. The molecule has 2 aliphatic heterocycles. The molecule has 2 aromatic heterocycles. The summed E-state index contributed by atoms with van der Waals surface area (Å²) in [5.74, 6) is -0.590. The van der Waals surface area contributed by atoms with Crippen LogP contribution < -0.4 is 10.6 Å². The van der Waals surface area contributed by atoms with Gasteiger partial charge in [0.2, 0.25) is 0 Å². The predicted molar refractivity (Wildman–Crippen MR) is 193 cm³/mol. The molecule has 3 N–H and O–H groups in total. The summed E-state index contributed by atoms with van der Waals surface area (Å²) in [7, 11) is 0. The largest absolute Gasteiger partial charge is 0.483 e. The first-order chi connectivity index (χ1) is 23.8. The van der Waals surface area contributed by atoms with Crippen molar-refractivity contribution >= 4 is 41.3 Å². The fourth-order valence-electron chi connectivity index (χ4n) is 6.36. The van der Waals surface area contributed by atoms with Crippen LogP contribution in [0.25, 0.3) is 11.1 Å². The Morgan fingerprint density at radius 3 is 2.00 bits per heavy atom. The lowest BCUT2D eigenvalue weighted by atomic mass is 9.98. The number of pyridine rings is 2. The number of aromatic nitrogens is 2. The average molecular weight is 683 g/mol. The summed E-state index contributed by atoms with van der Waals surface area (Å²) in [6.45, 7) is 9.89. The minimum absolute atomic E-state index is 0.250. The molecule has 2 saturated heterocycles. The summed E-state index contributed by atoms with van der Waals surface area (Å²) in [5.41, 5.74) is 7.64. The molecular formula is C38H43ClN6O4. The highest BCUT2D eigenvalue weighted by atomic mass is 35.5. The zero-order chi connectivity index (χ0) is 34.8. The first-order valence-electron chi connectivity index (χ1n) is 16.7. The van der Waals surface area contributed by atoms with Crippen LogP contribution in [0.2, 0.25) is 5.02 Å². The molecule has 0 radical (unpaired) electrons. The van der Waals surface area contributed by atoms with Gasteiger partial charge >= 0.3 is 0 Å². The molecule has 256 valence electrons. The molecule has 49 heavy (non-hydrogen) atoms. The molecule has 0 spiro atoms. The van der Waals surface area contributed by atoms with Gasteiger partial charge in [0.05, 0.1) is 10.7 Å². The number of piperidine rings is 1. The number of aryl methyl sites for hydroxylation is 1. The first-order valence-corrected chi connectivity index (χ1v) is 17.1. The molecule has 2 fully saturated rings. The SMILES string of the molecule is Cc1cc(C(=O)Nc2cccc(-c3cccc(NC(=O)c4ccc(CN5CCCC5)cn4)c3Cl)c2C)ncc1CN1CCCCC1.O=CO. The topological polar surface area (TPSA) is 128 Å². The lowest BCUT2D eigenvalue weighted by Gasteiger charge is -2.26. The molecule has 0 aliphatic carbocycles. The Kier molecular flexibility index (Phi) is 12.5. The first kappa shape index (κ1) is 35.7. The van der Waals surface area contributed by atoms with Gasteiger partial charge in [-0.1, -0.05) is 48.4 Å². The van der Waals surface area contributed by atoms with E-state index < -0.39 is 0 Å². The molecule has 2 aromatic carbocycles. The number of carbonyl (C=O) groups excluding carboxylic acids is 2. The number of nitrogens with zero attached hydrogens (tertiary/aromatic N) is 4. The van der Waals surface area contributed by atoms with Crippen LogP contribution in [0.15, 0.2) is 67.0 Å². The number of hydrogen-bond donors (Lipinski definition) is 3. The molecule has 6 rings (SSSR count). The van der Waals surface area contributed by atoms with Crippen molar-refractivity contribution in [3.8, 4) is 11.1 Å². The molecule has 0 unspecified atom stereocenters. The van der Waals surface area contributed by atoms with Gasteiger partial charge in [0.15, 0.2) is 0 Å². The van der Waals surface area contributed by atoms with Crippen LogP contribution in [0.4, 0.5) is 11.4 Å². The van der Waals surface area contributed by atoms with E-state index in [0.717, 1.165) is 72.6 Å². The highest BCUT2D eigenvalue weighted by molar-refractivity contribution is 6.36. The van der Waals surface area contributed by atoms with Crippen molar-refractivity contribution in [1.29, 1.82) is 0 Å². The lowest BCUT2D eigenvalue weighted by molar-refractivity contribution is -0.122. The van der Waals surface area contributed by atoms with E-state index in [1.165, 1.54) is 32.1 Å². The summed E-state index contributed by atoms with van der Waals surface area (Å²) in [6, 6.07) is 16.8. The van der Waals surface area contributed by atoms with Gasteiger partial charge < -0.3 is 15.7 Å². The van der Waals surface area contributed by atoms with Crippen LogP contribution in [0.1, 0.15) is 75.3 Å². The zero-order valence-electron chi connectivity index (χ0n) is 28.0. The second-order valence-corrected chi connectivity index (χ2v) is 12.9. The highest BCUT2D eigenvalue weighted by Crippen LogP contribution is 2.37. The summed E-state index contributed by atoms with van der Waals surface area (Å²) in [5, 5.41) is 13.3. The summed E-state index contributed by atoms with van der Waals surface area (Å²) in [4.78, 5) is 48.5. The number of amides is 2. The fourth-order valence-corrected chi connectivity index (χ4v) is 6.63. The second kappa shape index (κ2) is 17.1. The van der Waals surface area contributed by atoms with Crippen molar-refractivity contribution < 1.29 is 19.5 Å². The van der Waals surface area contributed by atoms with Gasteiger partial charge in [-0.15, -0.1) is 0 Å². The Labute approximate surface area is 292 Å². The smallest absolute Gasteiger partial charge is 0.290 e. The number of carbonyl (C=O) groups is 3. The summed E-state index contributed by atoms with van der Waals surface area (Å²) in [6.07, 6.45) is 9.84. The fraction of sp³-hybridized carbons (Fsp3) is 0.342. The standard InChI is InChI=1S/C37H41ClN6O2.CH2O2/c1-25-20-34(40-22-28(25)24-44-16-4-3-5-17-44)37(46)41-31-12-8-10-29(26(31)2)30-11-9-13-32(35(30)38)42-36(45)33-15-14-27(21-39-33)23-43-18-6-7-19-43;2-1-3/h8-15,20-22H,3-7,16-19,23-24H2,1-2H3,(H,41,46)(H,42,45);1H,(H,2,3). The predicted octanol–water partition coefficient (Wildman–Crippen LogP) is 7.20. The molecule has 2 aliphatic rings.